The third-order valence-corrected chi connectivity index (χ3v) is 3.77. The smallest absolute Gasteiger partial charge is 0.317 e. The van der Waals surface area contributed by atoms with Crippen LogP contribution in [0.25, 0.3) is 0 Å². The molecule has 1 aliphatic rings. The summed E-state index contributed by atoms with van der Waals surface area (Å²) in [5.41, 5.74) is -0.851. The number of carbonyl (C=O) groups excluding carboxylic acids is 2. The fourth-order valence-corrected chi connectivity index (χ4v) is 2.55. The van der Waals surface area contributed by atoms with Crippen molar-refractivity contribution >= 4 is 17.9 Å². The minimum atomic E-state index is -0.861. The van der Waals surface area contributed by atoms with Crippen molar-refractivity contribution < 1.29 is 19.5 Å². The summed E-state index contributed by atoms with van der Waals surface area (Å²) in [6.45, 7) is 3.74. The van der Waals surface area contributed by atoms with E-state index in [9.17, 15) is 19.5 Å². The van der Waals surface area contributed by atoms with Gasteiger partial charge in [-0.15, -0.1) is 0 Å². The highest BCUT2D eigenvalue weighted by atomic mass is 16.4. The van der Waals surface area contributed by atoms with Crippen molar-refractivity contribution in [2.45, 2.75) is 45.6 Å². The summed E-state index contributed by atoms with van der Waals surface area (Å²) < 4.78 is 0. The molecule has 0 radical (unpaired) electrons. The Balaban J connectivity index is 2.45. The van der Waals surface area contributed by atoms with Gasteiger partial charge in [0.05, 0.1) is 5.41 Å². The number of amides is 3. The first-order chi connectivity index (χ1) is 9.77. The van der Waals surface area contributed by atoms with Crippen LogP contribution in [0.4, 0.5) is 4.79 Å². The molecule has 7 heteroatoms. The zero-order valence-corrected chi connectivity index (χ0v) is 12.9. The van der Waals surface area contributed by atoms with Gasteiger partial charge in [0.25, 0.3) is 0 Å². The predicted molar refractivity (Wildman–Crippen MR) is 77.8 cm³/mol. The highest BCUT2D eigenvalue weighted by Gasteiger charge is 2.41. The molecule has 1 fully saturated rings. The molecule has 0 aliphatic heterocycles. The fraction of sp³-hybridized carbons (Fsp3) is 0.786. The van der Waals surface area contributed by atoms with Crippen LogP contribution < -0.4 is 10.6 Å². The highest BCUT2D eigenvalue weighted by molar-refractivity contribution is 5.84. The lowest BCUT2D eigenvalue weighted by Gasteiger charge is -2.26. The number of carbonyl (C=O) groups is 3. The second kappa shape index (κ2) is 7.28. The Hall–Kier alpha value is -1.79. The van der Waals surface area contributed by atoms with E-state index in [-0.39, 0.29) is 25.0 Å². The van der Waals surface area contributed by atoms with E-state index in [4.69, 9.17) is 0 Å². The number of nitrogens with zero attached hydrogens (tertiary/aromatic N) is 1. The molecule has 21 heavy (non-hydrogen) atoms. The van der Waals surface area contributed by atoms with E-state index in [0.717, 1.165) is 12.8 Å². The number of hydrogen-bond donors (Lipinski definition) is 3. The van der Waals surface area contributed by atoms with Gasteiger partial charge in [-0.25, -0.2) is 4.79 Å². The van der Waals surface area contributed by atoms with Gasteiger partial charge in [-0.2, -0.15) is 0 Å². The molecule has 0 heterocycles. The minimum absolute atomic E-state index is 0.0164. The van der Waals surface area contributed by atoms with Gasteiger partial charge in [-0.1, -0.05) is 12.8 Å². The summed E-state index contributed by atoms with van der Waals surface area (Å²) >= 11 is 0. The lowest BCUT2D eigenvalue weighted by Crippen LogP contribution is -2.48. The van der Waals surface area contributed by atoms with Crippen molar-refractivity contribution in [1.82, 2.24) is 15.5 Å². The summed E-state index contributed by atoms with van der Waals surface area (Å²) in [6, 6.07) is -0.413. The van der Waals surface area contributed by atoms with E-state index in [1.807, 2.05) is 13.8 Å². The molecule has 3 N–H and O–H groups in total. The van der Waals surface area contributed by atoms with Crippen LogP contribution in [-0.2, 0) is 9.59 Å². The van der Waals surface area contributed by atoms with Crippen LogP contribution in [-0.4, -0.2) is 54.1 Å². The largest absolute Gasteiger partial charge is 0.481 e. The van der Waals surface area contributed by atoms with Crippen LogP contribution in [0.2, 0.25) is 0 Å². The van der Waals surface area contributed by atoms with E-state index in [2.05, 4.69) is 10.6 Å². The van der Waals surface area contributed by atoms with Gasteiger partial charge in [0.2, 0.25) is 5.91 Å². The summed E-state index contributed by atoms with van der Waals surface area (Å²) in [5.74, 6) is -1.10. The number of urea groups is 1. The van der Waals surface area contributed by atoms with Gasteiger partial charge in [-0.3, -0.25) is 9.59 Å². The molecule has 0 saturated heterocycles. The van der Waals surface area contributed by atoms with E-state index in [1.165, 1.54) is 11.9 Å². The molecular weight excluding hydrogens is 274 g/mol. The Morgan fingerprint density at radius 3 is 2.29 bits per heavy atom. The van der Waals surface area contributed by atoms with Crippen LogP contribution in [0.1, 0.15) is 39.5 Å². The molecule has 1 rings (SSSR count). The SMILES string of the molecule is CC(C)NC(=O)CN(C)C(=O)NCC1(C(=O)O)CCCC1. The maximum Gasteiger partial charge on any atom is 0.317 e. The average Bonchev–Trinajstić information content (AvgIpc) is 2.84. The Labute approximate surface area is 125 Å². The molecule has 1 aliphatic carbocycles. The molecule has 0 bridgehead atoms. The van der Waals surface area contributed by atoms with Crippen molar-refractivity contribution in [2.75, 3.05) is 20.1 Å². The summed E-state index contributed by atoms with van der Waals surface area (Å²) in [4.78, 5) is 36.1. The number of rotatable bonds is 6. The number of likely N-dealkylation sites (N-methyl/N-ethyl adjacent to an activating group) is 1. The third kappa shape index (κ3) is 4.91. The first-order valence-corrected chi connectivity index (χ1v) is 7.28. The summed E-state index contributed by atoms with van der Waals surface area (Å²) in [5, 5.41) is 14.7. The Kier molecular flexibility index (Phi) is 5.99. The van der Waals surface area contributed by atoms with Crippen LogP contribution in [0.3, 0.4) is 0 Å². The van der Waals surface area contributed by atoms with Gasteiger partial charge in [0.1, 0.15) is 6.54 Å². The molecule has 0 aromatic carbocycles. The van der Waals surface area contributed by atoms with Crippen molar-refractivity contribution in [3.63, 3.8) is 0 Å². The lowest BCUT2D eigenvalue weighted by molar-refractivity contribution is -0.148. The number of carboxylic acids is 1. The molecule has 0 aromatic rings. The monoisotopic (exact) mass is 299 g/mol. The zero-order chi connectivity index (χ0) is 16.0. The highest BCUT2D eigenvalue weighted by Crippen LogP contribution is 2.37. The van der Waals surface area contributed by atoms with Gasteiger partial charge < -0.3 is 20.6 Å². The first-order valence-electron chi connectivity index (χ1n) is 7.28. The average molecular weight is 299 g/mol. The molecule has 0 spiro atoms. The van der Waals surface area contributed by atoms with E-state index in [1.54, 1.807) is 0 Å². The number of nitrogens with one attached hydrogen (secondary N) is 2. The maximum absolute atomic E-state index is 11.9. The van der Waals surface area contributed by atoms with Crippen molar-refractivity contribution in [3.8, 4) is 0 Å². The van der Waals surface area contributed by atoms with Crippen molar-refractivity contribution in [3.05, 3.63) is 0 Å². The Bertz CT molecular complexity index is 403. The topological polar surface area (TPSA) is 98.7 Å². The van der Waals surface area contributed by atoms with Crippen LogP contribution >= 0.6 is 0 Å². The second-order valence-electron chi connectivity index (χ2n) is 6.03. The third-order valence-electron chi connectivity index (χ3n) is 3.77. The van der Waals surface area contributed by atoms with Gasteiger partial charge in [-0.05, 0) is 26.7 Å². The maximum atomic E-state index is 11.9. The molecule has 120 valence electrons. The van der Waals surface area contributed by atoms with Crippen molar-refractivity contribution in [1.29, 1.82) is 0 Å². The van der Waals surface area contributed by atoms with Gasteiger partial charge >= 0.3 is 12.0 Å². The lowest BCUT2D eigenvalue weighted by atomic mass is 9.86. The van der Waals surface area contributed by atoms with Crippen LogP contribution in [0.15, 0.2) is 0 Å². The van der Waals surface area contributed by atoms with Crippen LogP contribution in [0, 0.1) is 5.41 Å². The standard InChI is InChI=1S/C14H25N3O4/c1-10(2)16-11(18)8-17(3)13(21)15-9-14(12(19)20)6-4-5-7-14/h10H,4-9H2,1-3H3,(H,15,21)(H,16,18)(H,19,20). The van der Waals surface area contributed by atoms with E-state index in [0.29, 0.717) is 12.8 Å². The molecule has 1 saturated carbocycles. The predicted octanol–water partition coefficient (Wildman–Crippen LogP) is 0.797. The van der Waals surface area contributed by atoms with Crippen LogP contribution in [0.5, 0.6) is 0 Å². The molecule has 7 nitrogen and oxygen atoms in total. The zero-order valence-electron chi connectivity index (χ0n) is 12.9. The fourth-order valence-electron chi connectivity index (χ4n) is 2.55. The Morgan fingerprint density at radius 1 is 1.24 bits per heavy atom. The van der Waals surface area contributed by atoms with Gasteiger partial charge in [0.15, 0.2) is 0 Å². The number of carboxylic acid groups (broad SMARTS) is 1. The molecular formula is C14H25N3O4. The molecule has 0 aromatic heterocycles. The molecule has 0 unspecified atom stereocenters. The molecule has 0 atom stereocenters. The minimum Gasteiger partial charge on any atom is -0.481 e. The van der Waals surface area contributed by atoms with Gasteiger partial charge in [0, 0.05) is 19.6 Å². The molecule has 3 amide bonds. The van der Waals surface area contributed by atoms with E-state index >= 15 is 0 Å². The number of aliphatic carboxylic acids is 1. The van der Waals surface area contributed by atoms with E-state index < -0.39 is 17.4 Å². The number of hydrogen-bond acceptors (Lipinski definition) is 3. The Morgan fingerprint density at radius 2 is 1.81 bits per heavy atom. The quantitative estimate of drug-likeness (QED) is 0.675. The first kappa shape index (κ1) is 17.3. The summed E-state index contributed by atoms with van der Waals surface area (Å²) in [7, 11) is 1.51. The normalized spacial score (nSPS) is 16.6. The van der Waals surface area contributed by atoms with Crippen molar-refractivity contribution in [2.24, 2.45) is 5.41 Å². The second-order valence-corrected chi connectivity index (χ2v) is 6.03. The summed E-state index contributed by atoms with van der Waals surface area (Å²) in [6.07, 6.45) is 2.91.